The predicted octanol–water partition coefficient (Wildman–Crippen LogP) is 2.74. The number of rotatable bonds is 6. The average molecular weight is 315 g/mol. The number of alkyl halides is 1. The number of carboxylic acids is 1. The number of hydrogen-bond acceptors (Lipinski definition) is 3. The van der Waals surface area contributed by atoms with Gasteiger partial charge in [-0.2, -0.15) is 0 Å². The van der Waals surface area contributed by atoms with Crippen molar-refractivity contribution in [3.05, 3.63) is 29.3 Å². The minimum Gasteiger partial charge on any atom is -0.494 e. The molecule has 0 saturated carbocycles. The van der Waals surface area contributed by atoms with Gasteiger partial charge in [0.1, 0.15) is 16.4 Å². The number of Topliss-reactive ketones (excluding diaryl/α,β-unsaturated/α-hetero) is 1. The molecule has 1 N–H and O–H groups in total. The molecule has 4 nitrogen and oxygen atoms in total. The van der Waals surface area contributed by atoms with Crippen molar-refractivity contribution in [2.45, 2.75) is 25.1 Å². The number of ketones is 1. The Bertz CT molecular complexity index is 456. The summed E-state index contributed by atoms with van der Waals surface area (Å²) in [4.78, 5) is 21.8. The molecule has 1 atom stereocenters. The van der Waals surface area contributed by atoms with Crippen LogP contribution in [0.25, 0.3) is 0 Å². The highest BCUT2D eigenvalue weighted by atomic mass is 79.9. The largest absolute Gasteiger partial charge is 0.494 e. The summed E-state index contributed by atoms with van der Waals surface area (Å²) in [5, 5.41) is 8.89. The maximum absolute atomic E-state index is 11.5. The molecule has 18 heavy (non-hydrogen) atoms. The Labute approximate surface area is 114 Å². The number of hydrogen-bond donors (Lipinski definition) is 1. The summed E-state index contributed by atoms with van der Waals surface area (Å²) >= 11 is 3.29. The van der Waals surface area contributed by atoms with Gasteiger partial charge in [0.25, 0.3) is 0 Å². The minimum atomic E-state index is -0.937. The van der Waals surface area contributed by atoms with E-state index in [4.69, 9.17) is 9.84 Å². The average Bonchev–Trinajstić information content (AvgIpc) is 2.28. The molecular weight excluding hydrogens is 300 g/mol. The van der Waals surface area contributed by atoms with E-state index in [9.17, 15) is 9.59 Å². The van der Waals surface area contributed by atoms with Gasteiger partial charge in [0.15, 0.2) is 0 Å². The van der Waals surface area contributed by atoms with Crippen LogP contribution in [0.2, 0.25) is 0 Å². The van der Waals surface area contributed by atoms with Crippen molar-refractivity contribution in [1.29, 1.82) is 0 Å². The molecule has 98 valence electrons. The van der Waals surface area contributed by atoms with E-state index >= 15 is 0 Å². The summed E-state index contributed by atoms with van der Waals surface area (Å²) in [6.45, 7) is 3.75. The minimum absolute atomic E-state index is 0.0891. The fourth-order valence-electron chi connectivity index (χ4n) is 1.68. The molecule has 0 aliphatic rings. The second-order valence-corrected chi connectivity index (χ2v) is 4.72. The number of ether oxygens (including phenoxy) is 1. The van der Waals surface area contributed by atoms with Crippen LogP contribution in [-0.4, -0.2) is 23.5 Å². The molecule has 1 unspecified atom stereocenters. The highest BCUT2D eigenvalue weighted by molar-refractivity contribution is 9.09. The molecule has 0 aliphatic carbocycles. The van der Waals surface area contributed by atoms with Crippen LogP contribution < -0.4 is 4.74 Å². The van der Waals surface area contributed by atoms with E-state index in [-0.39, 0.29) is 12.2 Å². The SMILES string of the molecule is CCOc1cccc(CC(=O)O)c1C(Br)C(C)=O. The first kappa shape index (κ1) is 14.7. The quantitative estimate of drug-likeness (QED) is 0.820. The van der Waals surface area contributed by atoms with Crippen LogP contribution in [0.4, 0.5) is 0 Å². The monoisotopic (exact) mass is 314 g/mol. The van der Waals surface area contributed by atoms with Gasteiger partial charge < -0.3 is 9.84 Å². The molecule has 1 aromatic rings. The second-order valence-electron chi connectivity index (χ2n) is 3.81. The van der Waals surface area contributed by atoms with E-state index < -0.39 is 10.8 Å². The lowest BCUT2D eigenvalue weighted by Crippen LogP contribution is -2.11. The van der Waals surface area contributed by atoms with Gasteiger partial charge in [0.2, 0.25) is 0 Å². The summed E-state index contributed by atoms with van der Waals surface area (Å²) in [7, 11) is 0. The molecule has 0 radical (unpaired) electrons. The van der Waals surface area contributed by atoms with Crippen LogP contribution in [0.5, 0.6) is 5.75 Å². The van der Waals surface area contributed by atoms with Gasteiger partial charge in [-0.25, -0.2) is 0 Å². The van der Waals surface area contributed by atoms with E-state index in [1.165, 1.54) is 6.92 Å². The Morgan fingerprint density at radius 3 is 2.61 bits per heavy atom. The van der Waals surface area contributed by atoms with Crippen LogP contribution in [-0.2, 0) is 16.0 Å². The zero-order valence-corrected chi connectivity index (χ0v) is 11.9. The standard InChI is InChI=1S/C13H15BrO4/c1-3-18-10-6-4-5-9(7-11(16)17)12(10)13(14)8(2)15/h4-6,13H,3,7H2,1-2H3,(H,16,17). The maximum atomic E-state index is 11.5. The first-order chi connectivity index (χ1) is 8.47. The first-order valence-corrected chi connectivity index (χ1v) is 6.49. The lowest BCUT2D eigenvalue weighted by Gasteiger charge is -2.17. The molecule has 1 rings (SSSR count). The van der Waals surface area contributed by atoms with Crippen molar-refractivity contribution >= 4 is 27.7 Å². The molecular formula is C13H15BrO4. The summed E-state index contributed by atoms with van der Waals surface area (Å²) in [5.41, 5.74) is 1.19. The molecule has 0 aliphatic heterocycles. The molecule has 0 aromatic heterocycles. The maximum Gasteiger partial charge on any atom is 0.307 e. The van der Waals surface area contributed by atoms with Crippen LogP contribution in [0, 0.1) is 0 Å². The third-order valence-corrected chi connectivity index (χ3v) is 3.51. The third kappa shape index (κ3) is 3.57. The van der Waals surface area contributed by atoms with E-state index in [0.29, 0.717) is 23.5 Å². The topological polar surface area (TPSA) is 63.6 Å². The van der Waals surface area contributed by atoms with Crippen molar-refractivity contribution in [1.82, 2.24) is 0 Å². The fraction of sp³-hybridized carbons (Fsp3) is 0.385. The van der Waals surface area contributed by atoms with Gasteiger partial charge in [-0.3, -0.25) is 9.59 Å². The van der Waals surface area contributed by atoms with Gasteiger partial charge >= 0.3 is 5.97 Å². The summed E-state index contributed by atoms with van der Waals surface area (Å²) in [6.07, 6.45) is -0.133. The second kappa shape index (κ2) is 6.54. The highest BCUT2D eigenvalue weighted by Crippen LogP contribution is 2.35. The predicted molar refractivity (Wildman–Crippen MR) is 71.3 cm³/mol. The lowest BCUT2D eigenvalue weighted by molar-refractivity contribution is -0.136. The number of halogens is 1. The first-order valence-electron chi connectivity index (χ1n) is 5.58. The summed E-state index contributed by atoms with van der Waals surface area (Å²) in [6, 6.07) is 5.16. The number of carbonyl (C=O) groups excluding carboxylic acids is 1. The molecule has 0 heterocycles. The number of carboxylic acid groups (broad SMARTS) is 1. The van der Waals surface area contributed by atoms with Gasteiger partial charge in [0, 0.05) is 5.56 Å². The normalized spacial score (nSPS) is 11.9. The van der Waals surface area contributed by atoms with Crippen molar-refractivity contribution < 1.29 is 19.4 Å². The van der Waals surface area contributed by atoms with Crippen LogP contribution in [0.3, 0.4) is 0 Å². The number of carbonyl (C=O) groups is 2. The van der Waals surface area contributed by atoms with Crippen LogP contribution in [0.1, 0.15) is 29.8 Å². The fourth-order valence-corrected chi connectivity index (χ4v) is 2.20. The van der Waals surface area contributed by atoms with Gasteiger partial charge in [-0.05, 0) is 25.5 Å². The van der Waals surface area contributed by atoms with E-state index in [0.717, 1.165) is 0 Å². The third-order valence-electron chi connectivity index (χ3n) is 2.41. The van der Waals surface area contributed by atoms with Crippen LogP contribution in [0.15, 0.2) is 18.2 Å². The molecule has 0 fully saturated rings. The van der Waals surface area contributed by atoms with E-state index in [1.54, 1.807) is 18.2 Å². The van der Waals surface area contributed by atoms with Crippen molar-refractivity contribution in [3.8, 4) is 5.75 Å². The van der Waals surface area contributed by atoms with Crippen molar-refractivity contribution in [2.75, 3.05) is 6.61 Å². The zero-order chi connectivity index (χ0) is 13.7. The molecule has 5 heteroatoms. The Morgan fingerprint density at radius 1 is 1.44 bits per heavy atom. The molecule has 0 saturated heterocycles. The van der Waals surface area contributed by atoms with Crippen molar-refractivity contribution in [3.63, 3.8) is 0 Å². The Morgan fingerprint density at radius 2 is 2.11 bits per heavy atom. The Hall–Kier alpha value is -1.36. The highest BCUT2D eigenvalue weighted by Gasteiger charge is 2.22. The molecule has 0 bridgehead atoms. The smallest absolute Gasteiger partial charge is 0.307 e. The van der Waals surface area contributed by atoms with Gasteiger partial charge in [0.05, 0.1) is 13.0 Å². The lowest BCUT2D eigenvalue weighted by atomic mass is 9.99. The number of aliphatic carboxylic acids is 1. The van der Waals surface area contributed by atoms with Crippen LogP contribution >= 0.6 is 15.9 Å². The number of benzene rings is 1. The summed E-state index contributed by atoms with van der Waals surface area (Å²) in [5.74, 6) is -0.477. The van der Waals surface area contributed by atoms with E-state index in [2.05, 4.69) is 15.9 Å². The van der Waals surface area contributed by atoms with Gasteiger partial charge in [-0.1, -0.05) is 28.1 Å². The zero-order valence-electron chi connectivity index (χ0n) is 10.3. The molecule has 0 amide bonds. The Kier molecular flexibility index (Phi) is 5.34. The molecule has 1 aromatic carbocycles. The van der Waals surface area contributed by atoms with E-state index in [1.807, 2.05) is 6.92 Å². The Balaban J connectivity index is 3.28. The van der Waals surface area contributed by atoms with Gasteiger partial charge in [-0.15, -0.1) is 0 Å². The molecule has 0 spiro atoms. The van der Waals surface area contributed by atoms with Crippen molar-refractivity contribution in [2.24, 2.45) is 0 Å². The summed E-state index contributed by atoms with van der Waals surface area (Å²) < 4.78 is 5.46.